The Morgan fingerprint density at radius 3 is 1.45 bits per heavy atom. The summed E-state index contributed by atoms with van der Waals surface area (Å²) in [5.41, 5.74) is -0.967. The summed E-state index contributed by atoms with van der Waals surface area (Å²) >= 11 is 3.70. The molecule has 2 saturated heterocycles. The van der Waals surface area contributed by atoms with Crippen molar-refractivity contribution in [2.24, 2.45) is 40.4 Å². The van der Waals surface area contributed by atoms with Crippen molar-refractivity contribution in [2.45, 2.75) is 142 Å². The fourth-order valence-corrected chi connectivity index (χ4v) is 9.55. The minimum Gasteiger partial charge on any atom is -0.465 e. The first-order valence-corrected chi connectivity index (χ1v) is 22.7. The number of carbonyl (C=O) groups is 2. The summed E-state index contributed by atoms with van der Waals surface area (Å²) in [6.45, 7) is 20.8. The molecule has 2 aliphatic rings. The van der Waals surface area contributed by atoms with Gasteiger partial charge in [0.25, 0.3) is 0 Å². The van der Waals surface area contributed by atoms with E-state index in [1.54, 1.807) is 11.8 Å². The number of benzene rings is 2. The van der Waals surface area contributed by atoms with Gasteiger partial charge in [0.05, 0.1) is 61.2 Å². The second-order valence-electron chi connectivity index (χ2n) is 17.9. The first-order valence-electron chi connectivity index (χ1n) is 20.7. The number of aliphatic hydroxyl groups excluding tert-OH is 2. The van der Waals surface area contributed by atoms with E-state index in [9.17, 15) is 19.8 Å². The van der Waals surface area contributed by atoms with Crippen molar-refractivity contribution in [1.29, 1.82) is 0 Å². The highest BCUT2D eigenvalue weighted by Gasteiger charge is 2.43. The molecule has 0 radical (unpaired) electrons. The van der Waals surface area contributed by atoms with Crippen LogP contribution in [-0.2, 0) is 28.5 Å². The number of ether oxygens (including phenoxy) is 4. The third kappa shape index (κ3) is 15.9. The number of esters is 2. The van der Waals surface area contributed by atoms with Crippen LogP contribution in [0.4, 0.5) is 0 Å². The lowest BCUT2D eigenvalue weighted by Crippen LogP contribution is -2.27. The predicted molar refractivity (Wildman–Crippen MR) is 229 cm³/mol. The first-order chi connectivity index (χ1) is 26.4. The molecular formula is C46H72O8S2. The van der Waals surface area contributed by atoms with Crippen LogP contribution in [0.2, 0.25) is 0 Å². The lowest BCUT2D eigenvalue weighted by atomic mass is 9.85. The summed E-state index contributed by atoms with van der Waals surface area (Å²) in [7, 11) is 0. The Morgan fingerprint density at radius 2 is 1.09 bits per heavy atom. The van der Waals surface area contributed by atoms with E-state index in [2.05, 4.69) is 70.2 Å². The predicted octanol–water partition coefficient (Wildman–Crippen LogP) is 9.74. The van der Waals surface area contributed by atoms with Gasteiger partial charge in [0.15, 0.2) is 0 Å². The minimum atomic E-state index is -0.771. The zero-order chi connectivity index (χ0) is 41.5. The van der Waals surface area contributed by atoms with E-state index in [-0.39, 0.29) is 48.7 Å². The summed E-state index contributed by atoms with van der Waals surface area (Å²) < 4.78 is 23.7. The molecule has 56 heavy (non-hydrogen) atoms. The highest BCUT2D eigenvalue weighted by molar-refractivity contribution is 7.99. The third-order valence-corrected chi connectivity index (χ3v) is 13.4. The molecule has 8 nitrogen and oxygen atoms in total. The highest BCUT2D eigenvalue weighted by Crippen LogP contribution is 2.41. The van der Waals surface area contributed by atoms with E-state index in [0.29, 0.717) is 49.9 Å². The van der Waals surface area contributed by atoms with Crippen molar-refractivity contribution >= 4 is 35.5 Å². The fourth-order valence-electron chi connectivity index (χ4n) is 7.04. The minimum absolute atomic E-state index is 0.0325. The molecule has 2 fully saturated rings. The Labute approximate surface area is 347 Å². The Hall–Kier alpha value is -2.08. The highest BCUT2D eigenvalue weighted by atomic mass is 32.2. The molecule has 0 aromatic heterocycles. The molecule has 10 atom stereocenters. The number of aliphatic hydroxyl groups is 2. The standard InChI is InChI=1S/C24H38O3S.C22H34O5S/c1-7-17(2)15-22-18(3)20(16-28-19-11-9-8-10-12-19)21(27-22)13-14-26-23(25)24(4,5)6;1-15-18(14-28-17-8-6-5-7-9-17)19(27-20(15)12-16(24)13-23)10-11-26-21(25)22(2,3)4/h8-12,17-18,20-22H,7,13-16H2,1-6H3;5-9,15-16,18-20,23-24H,10-14H2,1-4H3/t17-,18-,20-,21+,22-;15-,16+,18-,19+,20-/m11/s1. The van der Waals surface area contributed by atoms with Gasteiger partial charge in [-0.2, -0.15) is 0 Å². The first kappa shape index (κ1) is 48.3. The van der Waals surface area contributed by atoms with Gasteiger partial charge in [-0.1, -0.05) is 70.5 Å². The van der Waals surface area contributed by atoms with Crippen molar-refractivity contribution in [3.05, 3.63) is 60.7 Å². The van der Waals surface area contributed by atoms with Crippen molar-refractivity contribution < 1.29 is 38.7 Å². The summed E-state index contributed by atoms with van der Waals surface area (Å²) in [6.07, 6.45) is 3.69. The molecule has 0 unspecified atom stereocenters. The van der Waals surface area contributed by atoms with Gasteiger partial charge in [0.2, 0.25) is 0 Å². The van der Waals surface area contributed by atoms with E-state index in [1.807, 2.05) is 71.5 Å². The molecular weight excluding hydrogens is 745 g/mol. The quantitative estimate of drug-likeness (QED) is 0.111. The molecule has 2 heterocycles. The zero-order valence-electron chi connectivity index (χ0n) is 35.8. The SMILES string of the molecule is CC[C@@H](C)C[C@H]1O[C@@H](CCOC(=O)C(C)(C)C)[C@H](CSc2ccccc2)[C@H]1C.C[C@@H]1[C@@H](CSc2ccccc2)[C@H](CCOC(=O)C(C)(C)C)O[C@@H]1C[C@H](O)CO. The van der Waals surface area contributed by atoms with Gasteiger partial charge in [-0.05, 0) is 102 Å². The summed E-state index contributed by atoms with van der Waals surface area (Å²) in [5, 5.41) is 19.0. The smallest absolute Gasteiger partial charge is 0.311 e. The van der Waals surface area contributed by atoms with Crippen molar-refractivity contribution in [2.75, 3.05) is 31.3 Å². The topological polar surface area (TPSA) is 112 Å². The van der Waals surface area contributed by atoms with Crippen LogP contribution in [0, 0.1) is 40.4 Å². The lowest BCUT2D eigenvalue weighted by Gasteiger charge is -2.22. The molecule has 2 aromatic carbocycles. The maximum Gasteiger partial charge on any atom is 0.311 e. The maximum absolute atomic E-state index is 12.1. The van der Waals surface area contributed by atoms with Gasteiger partial charge in [-0.15, -0.1) is 23.5 Å². The van der Waals surface area contributed by atoms with Gasteiger partial charge < -0.3 is 29.2 Å². The fraction of sp³-hybridized carbons (Fsp3) is 0.696. The Bertz CT molecular complexity index is 1300. The second kappa shape index (κ2) is 23.5. The van der Waals surface area contributed by atoms with Gasteiger partial charge in [0, 0.05) is 40.6 Å². The van der Waals surface area contributed by atoms with Crippen LogP contribution < -0.4 is 0 Å². The lowest BCUT2D eigenvalue weighted by molar-refractivity contribution is -0.154. The average molecular weight is 817 g/mol. The van der Waals surface area contributed by atoms with E-state index in [1.165, 1.54) is 16.2 Å². The number of rotatable bonds is 18. The Kier molecular flexibility index (Phi) is 20.3. The summed E-state index contributed by atoms with van der Waals surface area (Å²) in [5.74, 6) is 3.81. The number of carbonyl (C=O) groups excluding carboxylic acids is 2. The molecule has 10 heteroatoms. The van der Waals surface area contributed by atoms with Gasteiger partial charge in [-0.3, -0.25) is 9.59 Å². The van der Waals surface area contributed by atoms with Crippen LogP contribution in [0.1, 0.15) is 101 Å². The molecule has 0 aliphatic carbocycles. The largest absolute Gasteiger partial charge is 0.465 e. The van der Waals surface area contributed by atoms with E-state index >= 15 is 0 Å². The number of thioether (sulfide) groups is 2. The molecule has 2 aliphatic heterocycles. The molecule has 316 valence electrons. The van der Waals surface area contributed by atoms with Crippen LogP contribution in [0.3, 0.4) is 0 Å². The van der Waals surface area contributed by atoms with E-state index in [4.69, 9.17) is 18.9 Å². The summed E-state index contributed by atoms with van der Waals surface area (Å²) in [4.78, 5) is 26.6. The molecule has 0 bridgehead atoms. The second-order valence-corrected chi connectivity index (χ2v) is 20.1. The summed E-state index contributed by atoms with van der Waals surface area (Å²) in [6, 6.07) is 20.8. The van der Waals surface area contributed by atoms with Crippen LogP contribution in [-0.4, -0.2) is 84.0 Å². The van der Waals surface area contributed by atoms with Crippen LogP contribution in [0.15, 0.2) is 70.5 Å². The normalized spacial score (nSPS) is 26.2. The van der Waals surface area contributed by atoms with Gasteiger partial charge >= 0.3 is 11.9 Å². The monoisotopic (exact) mass is 816 g/mol. The maximum atomic E-state index is 12.1. The molecule has 2 aromatic rings. The molecule has 0 spiro atoms. The van der Waals surface area contributed by atoms with Gasteiger partial charge in [0.1, 0.15) is 0 Å². The van der Waals surface area contributed by atoms with Crippen molar-refractivity contribution in [3.63, 3.8) is 0 Å². The van der Waals surface area contributed by atoms with Crippen LogP contribution in [0.5, 0.6) is 0 Å². The van der Waals surface area contributed by atoms with Gasteiger partial charge in [-0.25, -0.2) is 0 Å². The Morgan fingerprint density at radius 1 is 0.696 bits per heavy atom. The zero-order valence-corrected chi connectivity index (χ0v) is 37.4. The molecule has 0 saturated carbocycles. The number of hydrogen-bond acceptors (Lipinski definition) is 10. The molecule has 0 amide bonds. The Balaban J connectivity index is 0.000000300. The van der Waals surface area contributed by atoms with Crippen molar-refractivity contribution in [1.82, 2.24) is 0 Å². The molecule has 2 N–H and O–H groups in total. The van der Waals surface area contributed by atoms with Crippen molar-refractivity contribution in [3.8, 4) is 0 Å². The van der Waals surface area contributed by atoms with E-state index in [0.717, 1.165) is 24.3 Å². The van der Waals surface area contributed by atoms with Crippen LogP contribution >= 0.6 is 23.5 Å². The number of hydrogen-bond donors (Lipinski definition) is 2. The van der Waals surface area contributed by atoms with E-state index < -0.39 is 16.9 Å². The average Bonchev–Trinajstić information content (AvgIpc) is 3.62. The molecule has 4 rings (SSSR count). The third-order valence-electron chi connectivity index (χ3n) is 11.1. The van der Waals surface area contributed by atoms with Crippen LogP contribution in [0.25, 0.3) is 0 Å².